The van der Waals surface area contributed by atoms with Gasteiger partial charge in [0.25, 0.3) is 5.56 Å². The molecule has 0 spiro atoms. The molecule has 2 aromatic heterocycles. The van der Waals surface area contributed by atoms with Crippen LogP contribution < -0.4 is 5.56 Å². The zero-order valence-electron chi connectivity index (χ0n) is 7.07. The van der Waals surface area contributed by atoms with Crippen molar-refractivity contribution in [2.45, 2.75) is 0 Å². The summed E-state index contributed by atoms with van der Waals surface area (Å²) < 4.78 is 0. The number of aromatic amines is 1. The lowest BCUT2D eigenvalue weighted by Crippen LogP contribution is -2.10. The lowest BCUT2D eigenvalue weighted by atomic mass is 10.2. The molecular formula is C9H6ClN3O. The number of pyridine rings is 1. The topological polar surface area (TPSA) is 58.6 Å². The van der Waals surface area contributed by atoms with Crippen LogP contribution in [0.1, 0.15) is 0 Å². The Hall–Kier alpha value is -1.68. The smallest absolute Gasteiger partial charge is 0.261 e. The summed E-state index contributed by atoms with van der Waals surface area (Å²) in [5, 5.41) is 0.0784. The molecule has 0 unspecified atom stereocenters. The largest absolute Gasteiger partial charge is 0.297 e. The van der Waals surface area contributed by atoms with E-state index in [4.69, 9.17) is 11.6 Å². The van der Waals surface area contributed by atoms with Crippen LogP contribution in [0, 0.1) is 0 Å². The molecule has 2 aromatic rings. The number of hydrogen-bond acceptors (Lipinski definition) is 3. The van der Waals surface area contributed by atoms with Crippen LogP contribution >= 0.6 is 11.6 Å². The fraction of sp³-hybridized carbons (Fsp3) is 0. The van der Waals surface area contributed by atoms with Crippen LogP contribution in [0.2, 0.25) is 5.28 Å². The molecule has 0 aliphatic rings. The summed E-state index contributed by atoms with van der Waals surface area (Å²) in [5.41, 5.74) is 0.705. The SMILES string of the molecule is O=c1[nH]c(Cl)ncc1-c1ccccn1. The summed E-state index contributed by atoms with van der Waals surface area (Å²) in [6.07, 6.45) is 3.02. The Kier molecular flexibility index (Phi) is 2.28. The Morgan fingerprint density at radius 2 is 2.14 bits per heavy atom. The van der Waals surface area contributed by atoms with Crippen molar-refractivity contribution in [3.8, 4) is 11.3 Å². The maximum absolute atomic E-state index is 11.4. The zero-order valence-corrected chi connectivity index (χ0v) is 7.82. The Bertz CT molecular complexity index is 495. The van der Waals surface area contributed by atoms with Gasteiger partial charge in [-0.1, -0.05) is 6.07 Å². The van der Waals surface area contributed by atoms with E-state index in [1.807, 2.05) is 0 Å². The Morgan fingerprint density at radius 1 is 1.29 bits per heavy atom. The van der Waals surface area contributed by atoms with Crippen LogP contribution in [0.15, 0.2) is 35.4 Å². The highest BCUT2D eigenvalue weighted by atomic mass is 35.5. The van der Waals surface area contributed by atoms with Gasteiger partial charge in [0.2, 0.25) is 5.28 Å². The molecule has 0 saturated heterocycles. The molecular weight excluding hydrogens is 202 g/mol. The normalized spacial score (nSPS) is 10.1. The van der Waals surface area contributed by atoms with E-state index in [0.29, 0.717) is 11.3 Å². The van der Waals surface area contributed by atoms with E-state index in [-0.39, 0.29) is 10.8 Å². The van der Waals surface area contributed by atoms with E-state index < -0.39 is 0 Å². The highest BCUT2D eigenvalue weighted by molar-refractivity contribution is 6.28. The minimum absolute atomic E-state index is 0.0784. The van der Waals surface area contributed by atoms with Crippen LogP contribution in [0.5, 0.6) is 0 Å². The molecule has 0 amide bonds. The standard InChI is InChI=1S/C9H6ClN3O/c10-9-12-5-6(8(14)13-9)7-3-1-2-4-11-7/h1-5H,(H,12,13,14). The predicted molar refractivity (Wildman–Crippen MR) is 53.1 cm³/mol. The van der Waals surface area contributed by atoms with E-state index >= 15 is 0 Å². The lowest BCUT2D eigenvalue weighted by Gasteiger charge is -1.97. The summed E-state index contributed by atoms with van der Waals surface area (Å²) in [6, 6.07) is 5.32. The van der Waals surface area contributed by atoms with E-state index in [0.717, 1.165) is 0 Å². The fourth-order valence-corrected chi connectivity index (χ4v) is 1.21. The van der Waals surface area contributed by atoms with Gasteiger partial charge in [-0.2, -0.15) is 0 Å². The van der Waals surface area contributed by atoms with Crippen molar-refractivity contribution in [1.29, 1.82) is 0 Å². The minimum atomic E-state index is -0.288. The molecule has 14 heavy (non-hydrogen) atoms. The minimum Gasteiger partial charge on any atom is -0.297 e. The third-order valence-electron chi connectivity index (χ3n) is 1.71. The molecule has 2 rings (SSSR count). The molecule has 5 heteroatoms. The quantitative estimate of drug-likeness (QED) is 0.721. The van der Waals surface area contributed by atoms with Gasteiger partial charge in [-0.05, 0) is 23.7 Å². The number of halogens is 1. The first-order valence-corrected chi connectivity index (χ1v) is 4.31. The molecule has 4 nitrogen and oxygen atoms in total. The first-order chi connectivity index (χ1) is 6.77. The maximum Gasteiger partial charge on any atom is 0.261 e. The van der Waals surface area contributed by atoms with Crippen molar-refractivity contribution >= 4 is 11.6 Å². The van der Waals surface area contributed by atoms with Crippen LogP contribution in [-0.4, -0.2) is 15.0 Å². The van der Waals surface area contributed by atoms with Crippen LogP contribution in [0.4, 0.5) is 0 Å². The molecule has 0 bridgehead atoms. The van der Waals surface area contributed by atoms with E-state index in [2.05, 4.69) is 15.0 Å². The number of nitrogens with zero attached hydrogens (tertiary/aromatic N) is 2. The monoisotopic (exact) mass is 207 g/mol. The fourth-order valence-electron chi connectivity index (χ4n) is 1.08. The van der Waals surface area contributed by atoms with Crippen LogP contribution in [0.25, 0.3) is 11.3 Å². The van der Waals surface area contributed by atoms with Crippen molar-refractivity contribution in [3.05, 3.63) is 46.2 Å². The molecule has 0 saturated carbocycles. The second-order valence-corrected chi connectivity index (χ2v) is 2.99. The van der Waals surface area contributed by atoms with E-state index in [9.17, 15) is 4.79 Å². The number of rotatable bonds is 1. The second-order valence-electron chi connectivity index (χ2n) is 2.63. The Labute approximate surface area is 84.6 Å². The van der Waals surface area contributed by atoms with Gasteiger partial charge >= 0.3 is 0 Å². The number of aromatic nitrogens is 3. The Morgan fingerprint density at radius 3 is 2.79 bits per heavy atom. The first-order valence-electron chi connectivity index (χ1n) is 3.93. The number of H-pyrrole nitrogens is 1. The van der Waals surface area contributed by atoms with Gasteiger partial charge in [-0.3, -0.25) is 14.8 Å². The van der Waals surface area contributed by atoms with Crippen molar-refractivity contribution in [2.24, 2.45) is 0 Å². The zero-order chi connectivity index (χ0) is 9.97. The molecule has 0 fully saturated rings. The van der Waals surface area contributed by atoms with Gasteiger partial charge in [-0.25, -0.2) is 4.98 Å². The van der Waals surface area contributed by atoms with Crippen molar-refractivity contribution in [3.63, 3.8) is 0 Å². The number of nitrogens with one attached hydrogen (secondary N) is 1. The molecule has 1 N–H and O–H groups in total. The average Bonchev–Trinajstić information content (AvgIpc) is 2.19. The third kappa shape index (κ3) is 1.65. The van der Waals surface area contributed by atoms with Crippen molar-refractivity contribution in [2.75, 3.05) is 0 Å². The van der Waals surface area contributed by atoms with Crippen LogP contribution in [-0.2, 0) is 0 Å². The molecule has 70 valence electrons. The molecule has 0 aromatic carbocycles. The highest BCUT2D eigenvalue weighted by Crippen LogP contribution is 2.09. The predicted octanol–water partition coefficient (Wildman–Crippen LogP) is 1.49. The van der Waals surface area contributed by atoms with Crippen molar-refractivity contribution in [1.82, 2.24) is 15.0 Å². The molecule has 0 atom stereocenters. The van der Waals surface area contributed by atoms with Gasteiger partial charge in [-0.15, -0.1) is 0 Å². The van der Waals surface area contributed by atoms with Gasteiger partial charge in [0.1, 0.15) is 0 Å². The third-order valence-corrected chi connectivity index (χ3v) is 1.90. The Balaban J connectivity index is 2.59. The summed E-state index contributed by atoms with van der Waals surface area (Å²) in [7, 11) is 0. The van der Waals surface area contributed by atoms with Crippen LogP contribution in [0.3, 0.4) is 0 Å². The lowest BCUT2D eigenvalue weighted by molar-refractivity contribution is 1.11. The molecule has 2 heterocycles. The number of hydrogen-bond donors (Lipinski definition) is 1. The molecule has 0 radical (unpaired) electrons. The highest BCUT2D eigenvalue weighted by Gasteiger charge is 2.04. The average molecular weight is 208 g/mol. The van der Waals surface area contributed by atoms with Gasteiger partial charge in [0, 0.05) is 12.4 Å². The van der Waals surface area contributed by atoms with Gasteiger partial charge in [0.05, 0.1) is 11.3 Å². The molecule has 0 aliphatic heterocycles. The van der Waals surface area contributed by atoms with Crippen molar-refractivity contribution < 1.29 is 0 Å². The summed E-state index contributed by atoms with van der Waals surface area (Å²) in [5.74, 6) is 0. The van der Waals surface area contributed by atoms with E-state index in [1.165, 1.54) is 6.20 Å². The van der Waals surface area contributed by atoms with E-state index in [1.54, 1.807) is 24.4 Å². The van der Waals surface area contributed by atoms with Gasteiger partial charge < -0.3 is 0 Å². The van der Waals surface area contributed by atoms with Gasteiger partial charge in [0.15, 0.2) is 0 Å². The second kappa shape index (κ2) is 3.59. The maximum atomic E-state index is 11.4. The summed E-state index contributed by atoms with van der Waals surface area (Å²) in [6.45, 7) is 0. The summed E-state index contributed by atoms with van der Waals surface area (Å²) >= 11 is 5.52. The summed E-state index contributed by atoms with van der Waals surface area (Å²) in [4.78, 5) is 21.6. The first kappa shape index (κ1) is 8.90. The molecule has 0 aliphatic carbocycles.